The van der Waals surface area contributed by atoms with Crippen LogP contribution in [0.15, 0.2) is 11.3 Å². The van der Waals surface area contributed by atoms with Crippen LogP contribution in [0.2, 0.25) is 0 Å². The molecule has 1 saturated carbocycles. The van der Waals surface area contributed by atoms with Crippen LogP contribution in [0.25, 0.3) is 5.53 Å². The molecule has 0 aromatic rings. The van der Waals surface area contributed by atoms with Gasteiger partial charge in [0.25, 0.3) is 0 Å². The largest absolute Gasteiger partial charge is 0.500 e. The summed E-state index contributed by atoms with van der Waals surface area (Å²) in [4.78, 5) is 0. The molecule has 0 bridgehead atoms. The average Bonchev–Trinajstić information content (AvgIpc) is 2.17. The zero-order valence-electron chi connectivity index (χ0n) is 12.2. The molecule has 0 aromatic carbocycles. The van der Waals surface area contributed by atoms with Crippen LogP contribution >= 0.6 is 12.4 Å². The quantitative estimate of drug-likeness (QED) is 0.568. The van der Waals surface area contributed by atoms with E-state index >= 15 is 0 Å². The first-order valence-corrected chi connectivity index (χ1v) is 6.92. The van der Waals surface area contributed by atoms with E-state index in [0.29, 0.717) is 5.41 Å². The Morgan fingerprint density at radius 1 is 1.00 bits per heavy atom. The van der Waals surface area contributed by atoms with Gasteiger partial charge in [0, 0.05) is 16.2 Å². The second-order valence-electron chi connectivity index (χ2n) is 7.94. The summed E-state index contributed by atoms with van der Waals surface area (Å²) >= 11 is 0. The summed E-state index contributed by atoms with van der Waals surface area (Å²) in [6, 6.07) is 0.274. The number of rotatable bonds is 0. The molecule has 2 aliphatic carbocycles. The van der Waals surface area contributed by atoms with Gasteiger partial charge >= 0.3 is 0 Å². The van der Waals surface area contributed by atoms with Crippen molar-refractivity contribution in [3.63, 3.8) is 0 Å². The molecule has 1 fully saturated rings. The molecule has 0 N–H and O–H groups in total. The van der Waals surface area contributed by atoms with E-state index < -0.39 is 0 Å². The average molecular weight is 269 g/mol. The molecule has 0 amide bonds. The molecule has 0 spiro atoms. The van der Waals surface area contributed by atoms with E-state index in [-0.39, 0.29) is 29.3 Å². The molecule has 3 aliphatic rings. The van der Waals surface area contributed by atoms with Gasteiger partial charge in [-0.15, -0.1) is 12.4 Å². The maximum Gasteiger partial charge on any atom is 0.182 e. The summed E-state index contributed by atoms with van der Waals surface area (Å²) in [5.41, 5.74) is 14.0. The van der Waals surface area contributed by atoms with Gasteiger partial charge < -0.3 is 5.53 Å². The van der Waals surface area contributed by atoms with Gasteiger partial charge in [-0.3, -0.25) is 4.70 Å². The first kappa shape index (κ1) is 14.0. The Morgan fingerprint density at radius 3 is 2.17 bits per heavy atom. The van der Waals surface area contributed by atoms with Crippen LogP contribution < -0.4 is 0 Å². The third kappa shape index (κ3) is 1.47. The molecule has 1 aliphatic heterocycles. The molecule has 3 rings (SSSR count). The van der Waals surface area contributed by atoms with Crippen LogP contribution in [0.1, 0.15) is 60.3 Å². The molecule has 0 radical (unpaired) electrons. The highest BCUT2D eigenvalue weighted by Crippen LogP contribution is 2.64. The van der Waals surface area contributed by atoms with Gasteiger partial charge in [-0.2, -0.15) is 0 Å². The Balaban J connectivity index is 0.00000120. The third-order valence-corrected chi connectivity index (χ3v) is 5.66. The molecule has 102 valence electrons. The standard InChI is InChI=1S/C15H24N2.ClH/c1-13(2)6-8-15(5)9-7-14(3,4)12-10(15)11(13)17(12)16;/h11H,6-9H2,1-5H3;1H. The third-order valence-electron chi connectivity index (χ3n) is 5.66. The Hall–Kier alpha value is -0.370. The molecular formula is C15H25ClN2. The fraction of sp³-hybridized carbons (Fsp3) is 0.867. The lowest BCUT2D eigenvalue weighted by Crippen LogP contribution is -2.60. The predicted octanol–water partition coefficient (Wildman–Crippen LogP) is 4.72. The maximum atomic E-state index is 10.4. The first-order chi connectivity index (χ1) is 7.69. The highest BCUT2D eigenvalue weighted by Gasteiger charge is 2.64. The lowest BCUT2D eigenvalue weighted by Gasteiger charge is -2.58. The second kappa shape index (κ2) is 3.59. The summed E-state index contributed by atoms with van der Waals surface area (Å²) in [6.45, 7) is 11.6. The van der Waals surface area contributed by atoms with Crippen molar-refractivity contribution in [3.05, 3.63) is 16.8 Å². The molecule has 2 nitrogen and oxygen atoms in total. The van der Waals surface area contributed by atoms with Gasteiger partial charge in [-0.25, -0.2) is 0 Å². The van der Waals surface area contributed by atoms with Crippen LogP contribution in [0.4, 0.5) is 0 Å². The number of allylic oxidation sites excluding steroid dienone is 1. The topological polar surface area (TPSA) is 25.3 Å². The fourth-order valence-electron chi connectivity index (χ4n) is 4.29. The van der Waals surface area contributed by atoms with Gasteiger partial charge in [0.1, 0.15) is 0 Å². The van der Waals surface area contributed by atoms with Gasteiger partial charge in [0.15, 0.2) is 11.7 Å². The molecule has 0 aromatic heterocycles. The van der Waals surface area contributed by atoms with E-state index in [9.17, 15) is 5.53 Å². The SMILES string of the molecule is CC1(C)CCC2(C)CCC(C)(C)C3C2=C1[N+]3=[N-].Cl. The van der Waals surface area contributed by atoms with Crippen LogP contribution in [0.3, 0.4) is 0 Å². The lowest BCUT2D eigenvalue weighted by molar-refractivity contribution is -0.599. The fourth-order valence-corrected chi connectivity index (χ4v) is 4.29. The van der Waals surface area contributed by atoms with Gasteiger partial charge in [-0.05, 0) is 39.5 Å². The number of nitrogens with zero attached hydrogens (tertiary/aromatic N) is 2. The van der Waals surface area contributed by atoms with Crippen molar-refractivity contribution in [2.45, 2.75) is 66.3 Å². The van der Waals surface area contributed by atoms with Crippen molar-refractivity contribution < 1.29 is 4.70 Å². The van der Waals surface area contributed by atoms with E-state index in [0.717, 1.165) is 0 Å². The van der Waals surface area contributed by atoms with Crippen LogP contribution in [-0.4, -0.2) is 10.7 Å². The monoisotopic (exact) mass is 268 g/mol. The minimum Gasteiger partial charge on any atom is -0.500 e. The van der Waals surface area contributed by atoms with E-state index in [1.807, 2.05) is 0 Å². The molecule has 2 atom stereocenters. The first-order valence-electron chi connectivity index (χ1n) is 6.92. The lowest BCUT2D eigenvalue weighted by atomic mass is 9.50. The van der Waals surface area contributed by atoms with E-state index in [2.05, 4.69) is 34.6 Å². The smallest absolute Gasteiger partial charge is 0.182 e. The number of halogens is 1. The van der Waals surface area contributed by atoms with Crippen LogP contribution in [0, 0.1) is 16.2 Å². The highest BCUT2D eigenvalue weighted by molar-refractivity contribution is 5.85. The zero-order valence-corrected chi connectivity index (χ0v) is 13.0. The van der Waals surface area contributed by atoms with Crippen LogP contribution in [0.5, 0.6) is 0 Å². The number of hydrogen-bond donors (Lipinski definition) is 0. The maximum absolute atomic E-state index is 10.4. The van der Waals surface area contributed by atoms with Crippen molar-refractivity contribution in [3.8, 4) is 0 Å². The van der Waals surface area contributed by atoms with Crippen molar-refractivity contribution in [2.24, 2.45) is 16.2 Å². The molecular weight excluding hydrogens is 244 g/mol. The zero-order chi connectivity index (χ0) is 12.6. The van der Waals surface area contributed by atoms with Gasteiger partial charge in [0.2, 0.25) is 0 Å². The predicted molar refractivity (Wildman–Crippen MR) is 75.8 cm³/mol. The van der Waals surface area contributed by atoms with Gasteiger partial charge in [-0.1, -0.05) is 20.8 Å². The Morgan fingerprint density at radius 2 is 1.56 bits per heavy atom. The van der Waals surface area contributed by atoms with Crippen molar-refractivity contribution in [2.75, 3.05) is 0 Å². The molecule has 3 heteroatoms. The molecule has 2 unspecified atom stereocenters. The normalized spacial score (nSPS) is 39.6. The van der Waals surface area contributed by atoms with Crippen LogP contribution in [-0.2, 0) is 0 Å². The molecule has 1 heterocycles. The highest BCUT2D eigenvalue weighted by atomic mass is 35.5. The van der Waals surface area contributed by atoms with E-state index in [4.69, 9.17) is 0 Å². The van der Waals surface area contributed by atoms with Gasteiger partial charge in [0.05, 0.1) is 5.57 Å². The summed E-state index contributed by atoms with van der Waals surface area (Å²) in [7, 11) is 0. The Kier molecular flexibility index (Phi) is 2.80. The Labute approximate surface area is 117 Å². The molecule has 0 saturated heterocycles. The van der Waals surface area contributed by atoms with Crippen molar-refractivity contribution in [1.82, 2.24) is 0 Å². The number of hydrogen-bond acceptors (Lipinski definition) is 0. The summed E-state index contributed by atoms with van der Waals surface area (Å²) in [5, 5.41) is 0. The van der Waals surface area contributed by atoms with Crippen molar-refractivity contribution >= 4 is 12.4 Å². The minimum atomic E-state index is 0. The molecule has 18 heavy (non-hydrogen) atoms. The second-order valence-corrected chi connectivity index (χ2v) is 7.94. The van der Waals surface area contributed by atoms with E-state index in [1.54, 1.807) is 10.3 Å². The van der Waals surface area contributed by atoms with Crippen molar-refractivity contribution in [1.29, 1.82) is 0 Å². The van der Waals surface area contributed by atoms with E-state index in [1.165, 1.54) is 31.4 Å². The Bertz CT molecular complexity index is 447. The summed E-state index contributed by atoms with van der Waals surface area (Å²) in [5.74, 6) is 0. The summed E-state index contributed by atoms with van der Waals surface area (Å²) in [6.07, 6.45) is 5.01. The summed E-state index contributed by atoms with van der Waals surface area (Å²) < 4.78 is 1.60. The minimum absolute atomic E-state index is 0.